The molecule has 0 saturated carbocycles. The van der Waals surface area contributed by atoms with E-state index in [1.807, 2.05) is 12.3 Å². The maximum atomic E-state index is 5.15. The third kappa shape index (κ3) is 4.16. The van der Waals surface area contributed by atoms with Gasteiger partial charge in [-0.3, -0.25) is 4.98 Å². The highest BCUT2D eigenvalue weighted by Crippen LogP contribution is 2.12. The van der Waals surface area contributed by atoms with E-state index < -0.39 is 0 Å². The molecule has 0 aliphatic carbocycles. The molecule has 2 rings (SSSR count). The first-order valence-corrected chi connectivity index (χ1v) is 6.49. The van der Waals surface area contributed by atoms with Gasteiger partial charge in [0.2, 0.25) is 0 Å². The SMILES string of the molecule is COCc1cccc(CNC(C)c2cccnc2)c1. The fourth-order valence-corrected chi connectivity index (χ4v) is 2.02. The minimum absolute atomic E-state index is 0.291. The van der Waals surface area contributed by atoms with Crippen molar-refractivity contribution in [3.05, 3.63) is 65.5 Å². The normalized spacial score (nSPS) is 12.3. The average Bonchev–Trinajstić information content (AvgIpc) is 2.46. The first-order chi connectivity index (χ1) is 9.29. The third-order valence-electron chi connectivity index (χ3n) is 3.10. The Balaban J connectivity index is 1.93. The number of hydrogen-bond donors (Lipinski definition) is 1. The summed E-state index contributed by atoms with van der Waals surface area (Å²) in [6, 6.07) is 12.8. The monoisotopic (exact) mass is 256 g/mol. The molecule has 1 heterocycles. The molecule has 0 aliphatic rings. The fraction of sp³-hybridized carbons (Fsp3) is 0.312. The number of rotatable bonds is 6. The smallest absolute Gasteiger partial charge is 0.0713 e. The van der Waals surface area contributed by atoms with Crippen LogP contribution in [0.1, 0.15) is 29.7 Å². The van der Waals surface area contributed by atoms with E-state index in [4.69, 9.17) is 4.74 Å². The number of nitrogens with one attached hydrogen (secondary N) is 1. The predicted octanol–water partition coefficient (Wildman–Crippen LogP) is 3.08. The second-order valence-electron chi connectivity index (χ2n) is 4.64. The van der Waals surface area contributed by atoms with Crippen LogP contribution in [-0.4, -0.2) is 12.1 Å². The predicted molar refractivity (Wildman–Crippen MR) is 76.6 cm³/mol. The number of benzene rings is 1. The lowest BCUT2D eigenvalue weighted by Crippen LogP contribution is -2.18. The number of aromatic nitrogens is 1. The highest BCUT2D eigenvalue weighted by Gasteiger charge is 2.04. The quantitative estimate of drug-likeness (QED) is 0.862. The van der Waals surface area contributed by atoms with Crippen molar-refractivity contribution < 1.29 is 4.74 Å². The van der Waals surface area contributed by atoms with Crippen molar-refractivity contribution >= 4 is 0 Å². The van der Waals surface area contributed by atoms with Crippen LogP contribution >= 0.6 is 0 Å². The Kier molecular flexibility index (Phi) is 5.07. The van der Waals surface area contributed by atoms with Crippen LogP contribution in [0, 0.1) is 0 Å². The van der Waals surface area contributed by atoms with Crippen molar-refractivity contribution in [2.45, 2.75) is 26.1 Å². The number of pyridine rings is 1. The Hall–Kier alpha value is -1.71. The van der Waals surface area contributed by atoms with Gasteiger partial charge in [0.1, 0.15) is 0 Å². The van der Waals surface area contributed by atoms with E-state index in [1.54, 1.807) is 13.3 Å². The molecule has 0 spiro atoms. The molecule has 0 aliphatic heterocycles. The molecule has 2 aromatic rings. The zero-order valence-corrected chi connectivity index (χ0v) is 11.5. The van der Waals surface area contributed by atoms with Crippen LogP contribution in [-0.2, 0) is 17.9 Å². The van der Waals surface area contributed by atoms with Gasteiger partial charge < -0.3 is 10.1 Å². The van der Waals surface area contributed by atoms with E-state index in [-0.39, 0.29) is 0 Å². The van der Waals surface area contributed by atoms with E-state index in [0.717, 1.165) is 6.54 Å². The average molecular weight is 256 g/mol. The molecule has 19 heavy (non-hydrogen) atoms. The zero-order chi connectivity index (χ0) is 13.5. The Morgan fingerprint density at radius 1 is 1.21 bits per heavy atom. The minimum Gasteiger partial charge on any atom is -0.380 e. The van der Waals surface area contributed by atoms with Gasteiger partial charge in [0.15, 0.2) is 0 Å². The van der Waals surface area contributed by atoms with E-state index in [1.165, 1.54) is 16.7 Å². The lowest BCUT2D eigenvalue weighted by atomic mass is 10.1. The van der Waals surface area contributed by atoms with E-state index in [9.17, 15) is 0 Å². The Bertz CT molecular complexity index is 499. The molecule has 1 N–H and O–H groups in total. The van der Waals surface area contributed by atoms with Crippen molar-refractivity contribution in [1.82, 2.24) is 10.3 Å². The van der Waals surface area contributed by atoms with Gasteiger partial charge in [-0.2, -0.15) is 0 Å². The van der Waals surface area contributed by atoms with Gasteiger partial charge in [-0.05, 0) is 29.7 Å². The van der Waals surface area contributed by atoms with E-state index >= 15 is 0 Å². The molecular weight excluding hydrogens is 236 g/mol. The molecule has 0 bridgehead atoms. The number of methoxy groups -OCH3 is 1. The second-order valence-corrected chi connectivity index (χ2v) is 4.64. The lowest BCUT2D eigenvalue weighted by Gasteiger charge is -2.14. The summed E-state index contributed by atoms with van der Waals surface area (Å²) in [5.41, 5.74) is 3.68. The maximum absolute atomic E-state index is 5.15. The number of nitrogens with zero attached hydrogens (tertiary/aromatic N) is 1. The van der Waals surface area contributed by atoms with Gasteiger partial charge in [-0.1, -0.05) is 30.3 Å². The summed E-state index contributed by atoms with van der Waals surface area (Å²) in [7, 11) is 1.72. The molecule has 3 heteroatoms. The number of hydrogen-bond acceptors (Lipinski definition) is 3. The van der Waals surface area contributed by atoms with Crippen molar-refractivity contribution in [1.29, 1.82) is 0 Å². The van der Waals surface area contributed by atoms with E-state index in [0.29, 0.717) is 12.6 Å². The molecule has 1 unspecified atom stereocenters. The molecular formula is C16H20N2O. The van der Waals surface area contributed by atoms with Gasteiger partial charge in [-0.25, -0.2) is 0 Å². The molecule has 100 valence electrons. The fourth-order valence-electron chi connectivity index (χ4n) is 2.02. The third-order valence-corrected chi connectivity index (χ3v) is 3.10. The summed E-state index contributed by atoms with van der Waals surface area (Å²) in [6.45, 7) is 3.65. The van der Waals surface area contributed by atoms with Crippen LogP contribution in [0.5, 0.6) is 0 Å². The van der Waals surface area contributed by atoms with Gasteiger partial charge >= 0.3 is 0 Å². The minimum atomic E-state index is 0.291. The first-order valence-electron chi connectivity index (χ1n) is 6.49. The largest absolute Gasteiger partial charge is 0.380 e. The molecule has 1 aromatic heterocycles. The Morgan fingerprint density at radius 3 is 2.79 bits per heavy atom. The molecule has 1 aromatic carbocycles. The highest BCUT2D eigenvalue weighted by molar-refractivity contribution is 5.23. The molecule has 0 amide bonds. The highest BCUT2D eigenvalue weighted by atomic mass is 16.5. The maximum Gasteiger partial charge on any atom is 0.0713 e. The molecule has 0 saturated heterocycles. The molecule has 1 atom stereocenters. The topological polar surface area (TPSA) is 34.1 Å². The van der Waals surface area contributed by atoms with Crippen molar-refractivity contribution in [3.63, 3.8) is 0 Å². The summed E-state index contributed by atoms with van der Waals surface area (Å²) in [4.78, 5) is 4.14. The van der Waals surface area contributed by atoms with Crippen LogP contribution in [0.15, 0.2) is 48.8 Å². The Labute approximate surface area is 114 Å². The number of ether oxygens (including phenoxy) is 1. The van der Waals surface area contributed by atoms with Crippen LogP contribution < -0.4 is 5.32 Å². The van der Waals surface area contributed by atoms with Gasteiger partial charge in [0, 0.05) is 32.1 Å². The molecule has 3 nitrogen and oxygen atoms in total. The first kappa shape index (κ1) is 13.7. The summed E-state index contributed by atoms with van der Waals surface area (Å²) in [5.74, 6) is 0. The summed E-state index contributed by atoms with van der Waals surface area (Å²) in [5, 5.41) is 3.50. The van der Waals surface area contributed by atoms with Crippen LogP contribution in [0.4, 0.5) is 0 Å². The van der Waals surface area contributed by atoms with E-state index in [2.05, 4.69) is 47.6 Å². The van der Waals surface area contributed by atoms with Gasteiger partial charge in [0.25, 0.3) is 0 Å². The van der Waals surface area contributed by atoms with Crippen LogP contribution in [0.2, 0.25) is 0 Å². The van der Waals surface area contributed by atoms with Crippen LogP contribution in [0.25, 0.3) is 0 Å². The summed E-state index contributed by atoms with van der Waals surface area (Å²) >= 11 is 0. The van der Waals surface area contributed by atoms with Crippen molar-refractivity contribution in [2.75, 3.05) is 7.11 Å². The molecule has 0 radical (unpaired) electrons. The standard InChI is InChI=1S/C16H20N2O/c1-13(16-7-4-8-17-11-16)18-10-14-5-3-6-15(9-14)12-19-2/h3-9,11,13,18H,10,12H2,1-2H3. The van der Waals surface area contributed by atoms with Gasteiger partial charge in [-0.15, -0.1) is 0 Å². The van der Waals surface area contributed by atoms with Gasteiger partial charge in [0.05, 0.1) is 6.61 Å². The second kappa shape index (κ2) is 7.02. The summed E-state index contributed by atoms with van der Waals surface area (Å²) < 4.78 is 5.15. The summed E-state index contributed by atoms with van der Waals surface area (Å²) in [6.07, 6.45) is 3.70. The van der Waals surface area contributed by atoms with Crippen molar-refractivity contribution in [3.8, 4) is 0 Å². The Morgan fingerprint density at radius 2 is 2.05 bits per heavy atom. The van der Waals surface area contributed by atoms with Crippen molar-refractivity contribution in [2.24, 2.45) is 0 Å². The zero-order valence-electron chi connectivity index (χ0n) is 11.5. The molecule has 0 fully saturated rings. The lowest BCUT2D eigenvalue weighted by molar-refractivity contribution is 0.185. The van der Waals surface area contributed by atoms with Crippen LogP contribution in [0.3, 0.4) is 0 Å².